The summed E-state index contributed by atoms with van der Waals surface area (Å²) in [4.78, 5) is 38.2. The van der Waals surface area contributed by atoms with E-state index in [1.165, 1.54) is 50.7 Å². The number of carbonyl (C=O) groups is 2. The average Bonchev–Trinajstić information content (AvgIpc) is 2.62. The molecule has 2 aromatic rings. The number of methoxy groups -OCH3 is 1. The van der Waals surface area contributed by atoms with E-state index in [1.54, 1.807) is 0 Å². The van der Waals surface area contributed by atoms with Crippen LogP contribution in [0.25, 0.3) is 0 Å². The molecule has 0 bridgehead atoms. The SMILES string of the molecule is COc1ccc([N+](=O)[O-])cc1NC(=O)C(C)OC(=O)c1ccncc1. The van der Waals surface area contributed by atoms with Gasteiger partial charge in [-0.3, -0.25) is 19.9 Å². The predicted molar refractivity (Wildman–Crippen MR) is 87.4 cm³/mol. The van der Waals surface area contributed by atoms with Gasteiger partial charge in [0.1, 0.15) is 5.75 Å². The summed E-state index contributed by atoms with van der Waals surface area (Å²) in [7, 11) is 1.36. The van der Waals surface area contributed by atoms with Crippen LogP contribution >= 0.6 is 0 Å². The third-order valence-electron chi connectivity index (χ3n) is 3.22. The highest BCUT2D eigenvalue weighted by Gasteiger charge is 2.21. The molecule has 1 unspecified atom stereocenters. The lowest BCUT2D eigenvalue weighted by Gasteiger charge is -2.15. The van der Waals surface area contributed by atoms with Crippen LogP contribution in [0.1, 0.15) is 17.3 Å². The molecule has 1 N–H and O–H groups in total. The minimum Gasteiger partial charge on any atom is -0.495 e. The Hall–Kier alpha value is -3.49. The van der Waals surface area contributed by atoms with Crippen molar-refractivity contribution in [3.8, 4) is 5.75 Å². The Morgan fingerprint density at radius 1 is 1.24 bits per heavy atom. The monoisotopic (exact) mass is 345 g/mol. The van der Waals surface area contributed by atoms with Crippen LogP contribution in [-0.2, 0) is 9.53 Å². The average molecular weight is 345 g/mol. The zero-order chi connectivity index (χ0) is 18.4. The van der Waals surface area contributed by atoms with Crippen molar-refractivity contribution in [2.45, 2.75) is 13.0 Å². The second-order valence-electron chi connectivity index (χ2n) is 4.91. The third-order valence-corrected chi connectivity index (χ3v) is 3.22. The van der Waals surface area contributed by atoms with Crippen molar-refractivity contribution >= 4 is 23.3 Å². The number of nitro groups is 1. The summed E-state index contributed by atoms with van der Waals surface area (Å²) in [6.45, 7) is 1.39. The number of benzene rings is 1. The van der Waals surface area contributed by atoms with Crippen molar-refractivity contribution in [3.05, 3.63) is 58.4 Å². The molecule has 25 heavy (non-hydrogen) atoms. The highest BCUT2D eigenvalue weighted by atomic mass is 16.6. The number of nitrogens with one attached hydrogen (secondary N) is 1. The van der Waals surface area contributed by atoms with E-state index < -0.39 is 22.9 Å². The van der Waals surface area contributed by atoms with Crippen LogP contribution in [0.2, 0.25) is 0 Å². The van der Waals surface area contributed by atoms with Crippen molar-refractivity contribution in [2.75, 3.05) is 12.4 Å². The molecule has 1 atom stereocenters. The van der Waals surface area contributed by atoms with Crippen molar-refractivity contribution in [3.63, 3.8) is 0 Å². The van der Waals surface area contributed by atoms with Gasteiger partial charge in [-0.15, -0.1) is 0 Å². The second kappa shape index (κ2) is 7.86. The van der Waals surface area contributed by atoms with E-state index in [9.17, 15) is 19.7 Å². The number of hydrogen-bond donors (Lipinski definition) is 1. The molecular weight excluding hydrogens is 330 g/mol. The number of amides is 1. The van der Waals surface area contributed by atoms with Gasteiger partial charge in [0.2, 0.25) is 0 Å². The zero-order valence-corrected chi connectivity index (χ0v) is 13.5. The lowest BCUT2D eigenvalue weighted by Crippen LogP contribution is -2.30. The summed E-state index contributed by atoms with van der Waals surface area (Å²) in [5, 5.41) is 13.3. The van der Waals surface area contributed by atoms with Gasteiger partial charge in [0, 0.05) is 24.5 Å². The van der Waals surface area contributed by atoms with Gasteiger partial charge in [0.05, 0.1) is 23.3 Å². The van der Waals surface area contributed by atoms with E-state index in [-0.39, 0.29) is 22.7 Å². The molecule has 1 aromatic heterocycles. The van der Waals surface area contributed by atoms with E-state index in [1.807, 2.05) is 0 Å². The Morgan fingerprint density at radius 3 is 2.52 bits per heavy atom. The van der Waals surface area contributed by atoms with Gasteiger partial charge in [0.25, 0.3) is 11.6 Å². The number of carbonyl (C=O) groups excluding carboxylic acids is 2. The molecule has 0 aliphatic carbocycles. The van der Waals surface area contributed by atoms with Gasteiger partial charge in [-0.25, -0.2) is 4.79 Å². The summed E-state index contributed by atoms with van der Waals surface area (Å²) in [5.74, 6) is -1.09. The first kappa shape index (κ1) is 17.9. The second-order valence-corrected chi connectivity index (χ2v) is 4.91. The summed E-state index contributed by atoms with van der Waals surface area (Å²) in [5.41, 5.74) is 0.147. The predicted octanol–water partition coefficient (Wildman–Crippen LogP) is 2.18. The van der Waals surface area contributed by atoms with Gasteiger partial charge in [0.15, 0.2) is 6.10 Å². The summed E-state index contributed by atoms with van der Waals surface area (Å²) in [6, 6.07) is 6.68. The number of hydrogen-bond acceptors (Lipinski definition) is 7. The number of pyridine rings is 1. The fraction of sp³-hybridized carbons (Fsp3) is 0.188. The van der Waals surface area contributed by atoms with Gasteiger partial charge in [-0.2, -0.15) is 0 Å². The molecule has 1 heterocycles. The molecule has 0 radical (unpaired) electrons. The molecule has 2 rings (SSSR count). The molecule has 9 nitrogen and oxygen atoms in total. The van der Waals surface area contributed by atoms with Crippen LogP contribution in [0.4, 0.5) is 11.4 Å². The zero-order valence-electron chi connectivity index (χ0n) is 13.5. The minimum absolute atomic E-state index is 0.105. The number of anilines is 1. The number of nitrogens with zero attached hydrogens (tertiary/aromatic N) is 2. The lowest BCUT2D eigenvalue weighted by atomic mass is 10.2. The number of rotatable bonds is 6. The van der Waals surface area contributed by atoms with Crippen molar-refractivity contribution in [1.82, 2.24) is 4.98 Å². The fourth-order valence-corrected chi connectivity index (χ4v) is 1.91. The number of nitro benzene ring substituents is 1. The van der Waals surface area contributed by atoms with Crippen LogP contribution in [0.15, 0.2) is 42.7 Å². The van der Waals surface area contributed by atoms with Crippen molar-refractivity contribution in [1.29, 1.82) is 0 Å². The fourth-order valence-electron chi connectivity index (χ4n) is 1.91. The number of ether oxygens (including phenoxy) is 2. The molecule has 0 aliphatic rings. The lowest BCUT2D eigenvalue weighted by molar-refractivity contribution is -0.384. The summed E-state index contributed by atoms with van der Waals surface area (Å²) >= 11 is 0. The van der Waals surface area contributed by atoms with Crippen LogP contribution in [0.3, 0.4) is 0 Å². The Kier molecular flexibility index (Phi) is 5.62. The maximum Gasteiger partial charge on any atom is 0.339 e. The van der Waals surface area contributed by atoms with E-state index in [0.717, 1.165) is 6.07 Å². The first-order valence-electron chi connectivity index (χ1n) is 7.16. The first-order chi connectivity index (χ1) is 11.9. The molecule has 1 amide bonds. The topological polar surface area (TPSA) is 121 Å². The molecule has 0 saturated carbocycles. The highest BCUT2D eigenvalue weighted by molar-refractivity contribution is 5.98. The van der Waals surface area contributed by atoms with Crippen LogP contribution in [0.5, 0.6) is 5.75 Å². The standard InChI is InChI=1S/C16H15N3O6/c1-10(25-16(21)11-5-7-17-8-6-11)15(20)18-13-9-12(19(22)23)3-4-14(13)24-2/h3-10H,1-2H3,(H,18,20). The Balaban J connectivity index is 2.09. The number of aromatic nitrogens is 1. The normalized spacial score (nSPS) is 11.3. The summed E-state index contributed by atoms with van der Waals surface area (Å²) < 4.78 is 10.1. The molecule has 0 spiro atoms. The molecule has 9 heteroatoms. The molecule has 130 valence electrons. The quantitative estimate of drug-likeness (QED) is 0.484. The molecule has 1 aromatic carbocycles. The first-order valence-corrected chi connectivity index (χ1v) is 7.16. The van der Waals surface area contributed by atoms with E-state index in [0.29, 0.717) is 0 Å². The van der Waals surface area contributed by atoms with E-state index >= 15 is 0 Å². The van der Waals surface area contributed by atoms with Crippen molar-refractivity contribution in [2.24, 2.45) is 0 Å². The third kappa shape index (κ3) is 4.50. The number of esters is 1. The van der Waals surface area contributed by atoms with Gasteiger partial charge in [-0.1, -0.05) is 0 Å². The van der Waals surface area contributed by atoms with Crippen LogP contribution in [-0.4, -0.2) is 35.0 Å². The smallest absolute Gasteiger partial charge is 0.339 e. The van der Waals surface area contributed by atoms with Gasteiger partial charge in [-0.05, 0) is 25.1 Å². The van der Waals surface area contributed by atoms with Crippen LogP contribution in [0, 0.1) is 10.1 Å². The Labute approximate surface area is 142 Å². The van der Waals surface area contributed by atoms with E-state index in [4.69, 9.17) is 9.47 Å². The highest BCUT2D eigenvalue weighted by Crippen LogP contribution is 2.29. The molecule has 0 fully saturated rings. The van der Waals surface area contributed by atoms with Gasteiger partial charge >= 0.3 is 5.97 Å². The van der Waals surface area contributed by atoms with E-state index in [2.05, 4.69) is 10.3 Å². The molecule has 0 aliphatic heterocycles. The summed E-state index contributed by atoms with van der Waals surface area (Å²) in [6.07, 6.45) is 1.73. The van der Waals surface area contributed by atoms with Crippen LogP contribution < -0.4 is 10.1 Å². The number of non-ortho nitro benzene ring substituents is 1. The maximum absolute atomic E-state index is 12.2. The van der Waals surface area contributed by atoms with Crippen molar-refractivity contribution < 1.29 is 24.0 Å². The minimum atomic E-state index is -1.12. The Morgan fingerprint density at radius 2 is 1.92 bits per heavy atom. The Bertz CT molecular complexity index is 794. The largest absolute Gasteiger partial charge is 0.495 e. The molecule has 0 saturated heterocycles. The van der Waals surface area contributed by atoms with Gasteiger partial charge < -0.3 is 14.8 Å². The molecular formula is C16H15N3O6. The maximum atomic E-state index is 12.2.